The Hall–Kier alpha value is -4.06. The van der Waals surface area contributed by atoms with Gasteiger partial charge < -0.3 is 18.9 Å². The molecule has 0 aromatic heterocycles. The number of hydrogen-bond acceptors (Lipinski definition) is 6. The third-order valence-corrected chi connectivity index (χ3v) is 4.75. The SMILES string of the molecule is COc1cc(C=CC(=O)c2ccc(OC(=O)c3ccc(C)cc3)cc2)cc(OC)c1OC. The summed E-state index contributed by atoms with van der Waals surface area (Å²) in [5, 5.41) is 0. The maximum Gasteiger partial charge on any atom is 0.343 e. The lowest BCUT2D eigenvalue weighted by atomic mass is 10.1. The number of carbonyl (C=O) groups excluding carboxylic acids is 2. The van der Waals surface area contributed by atoms with E-state index in [0.29, 0.717) is 34.1 Å². The van der Waals surface area contributed by atoms with Crippen LogP contribution < -0.4 is 18.9 Å². The van der Waals surface area contributed by atoms with Crippen LogP contribution in [0.5, 0.6) is 23.0 Å². The highest BCUT2D eigenvalue weighted by molar-refractivity contribution is 6.07. The third-order valence-electron chi connectivity index (χ3n) is 4.75. The second-order valence-corrected chi connectivity index (χ2v) is 6.94. The summed E-state index contributed by atoms with van der Waals surface area (Å²) in [6.07, 6.45) is 3.12. The Morgan fingerprint density at radius 3 is 1.84 bits per heavy atom. The van der Waals surface area contributed by atoms with Crippen molar-refractivity contribution in [2.75, 3.05) is 21.3 Å². The molecule has 0 aliphatic carbocycles. The van der Waals surface area contributed by atoms with E-state index in [9.17, 15) is 9.59 Å². The summed E-state index contributed by atoms with van der Waals surface area (Å²) in [5.41, 5.74) is 2.70. The van der Waals surface area contributed by atoms with Crippen molar-refractivity contribution in [2.24, 2.45) is 0 Å². The van der Waals surface area contributed by atoms with E-state index in [1.807, 2.05) is 19.1 Å². The second-order valence-electron chi connectivity index (χ2n) is 6.94. The van der Waals surface area contributed by atoms with Gasteiger partial charge in [0.25, 0.3) is 0 Å². The molecule has 164 valence electrons. The largest absolute Gasteiger partial charge is 0.493 e. The molecule has 3 aromatic rings. The topological polar surface area (TPSA) is 71.1 Å². The van der Waals surface area contributed by atoms with Gasteiger partial charge in [0.2, 0.25) is 5.75 Å². The summed E-state index contributed by atoms with van der Waals surface area (Å²) in [6.45, 7) is 1.95. The highest BCUT2D eigenvalue weighted by atomic mass is 16.5. The Balaban J connectivity index is 1.70. The van der Waals surface area contributed by atoms with Crippen LogP contribution in [0.2, 0.25) is 0 Å². The molecular formula is C26H24O6. The summed E-state index contributed by atoms with van der Waals surface area (Å²) in [7, 11) is 4.59. The van der Waals surface area contributed by atoms with Crippen LogP contribution in [0.4, 0.5) is 0 Å². The molecule has 0 aliphatic rings. The standard InChI is InChI=1S/C26H24O6/c1-17-5-8-20(9-6-17)26(28)32-21-12-10-19(11-13-21)22(27)14-7-18-15-23(29-2)25(31-4)24(16-18)30-3/h5-16H,1-4H3. The molecule has 0 N–H and O–H groups in total. The van der Waals surface area contributed by atoms with Gasteiger partial charge in [-0.15, -0.1) is 0 Å². The molecule has 0 atom stereocenters. The van der Waals surface area contributed by atoms with Crippen molar-refractivity contribution in [1.29, 1.82) is 0 Å². The molecule has 3 aromatic carbocycles. The van der Waals surface area contributed by atoms with Gasteiger partial charge in [0.15, 0.2) is 17.3 Å². The van der Waals surface area contributed by atoms with E-state index in [1.165, 1.54) is 27.4 Å². The molecule has 0 spiro atoms. The number of ether oxygens (including phenoxy) is 4. The zero-order chi connectivity index (χ0) is 23.1. The Morgan fingerprint density at radius 1 is 0.750 bits per heavy atom. The summed E-state index contributed by atoms with van der Waals surface area (Å²) in [5.74, 6) is 1.19. The molecule has 6 nitrogen and oxygen atoms in total. The number of allylic oxidation sites excluding steroid dienone is 1. The van der Waals surface area contributed by atoms with Gasteiger partial charge in [-0.2, -0.15) is 0 Å². The van der Waals surface area contributed by atoms with Crippen molar-refractivity contribution in [3.8, 4) is 23.0 Å². The number of esters is 1. The molecule has 0 amide bonds. The van der Waals surface area contributed by atoms with E-state index < -0.39 is 5.97 Å². The predicted octanol–water partition coefficient (Wildman–Crippen LogP) is 5.14. The zero-order valence-electron chi connectivity index (χ0n) is 18.4. The first-order valence-corrected chi connectivity index (χ1v) is 9.86. The minimum absolute atomic E-state index is 0.199. The smallest absolute Gasteiger partial charge is 0.343 e. The van der Waals surface area contributed by atoms with Crippen molar-refractivity contribution in [2.45, 2.75) is 6.92 Å². The van der Waals surface area contributed by atoms with E-state index in [-0.39, 0.29) is 5.78 Å². The fourth-order valence-electron chi connectivity index (χ4n) is 3.01. The number of hydrogen-bond donors (Lipinski definition) is 0. The summed E-state index contributed by atoms with van der Waals surface area (Å²) in [4.78, 5) is 24.8. The fourth-order valence-corrected chi connectivity index (χ4v) is 3.01. The van der Waals surface area contributed by atoms with Gasteiger partial charge in [-0.25, -0.2) is 4.79 Å². The molecule has 0 heterocycles. The monoisotopic (exact) mass is 432 g/mol. The zero-order valence-corrected chi connectivity index (χ0v) is 18.4. The van der Waals surface area contributed by atoms with Gasteiger partial charge in [0, 0.05) is 5.56 Å². The van der Waals surface area contributed by atoms with Crippen molar-refractivity contribution in [1.82, 2.24) is 0 Å². The number of rotatable bonds is 8. The molecule has 0 bridgehead atoms. The number of methoxy groups -OCH3 is 3. The number of aryl methyl sites for hydroxylation is 1. The molecule has 0 fully saturated rings. The van der Waals surface area contributed by atoms with Crippen LogP contribution in [0.15, 0.2) is 66.7 Å². The summed E-state index contributed by atoms with van der Waals surface area (Å²) >= 11 is 0. The van der Waals surface area contributed by atoms with Crippen molar-refractivity contribution >= 4 is 17.8 Å². The van der Waals surface area contributed by atoms with Crippen LogP contribution in [0, 0.1) is 6.92 Å². The molecule has 0 saturated heterocycles. The van der Waals surface area contributed by atoms with Crippen LogP contribution in [0.3, 0.4) is 0 Å². The molecule has 3 rings (SSSR count). The quantitative estimate of drug-likeness (QED) is 0.213. The normalized spacial score (nSPS) is 10.6. The van der Waals surface area contributed by atoms with Crippen molar-refractivity contribution < 1.29 is 28.5 Å². The lowest BCUT2D eigenvalue weighted by Crippen LogP contribution is -2.08. The van der Waals surface area contributed by atoms with E-state index in [4.69, 9.17) is 18.9 Å². The lowest BCUT2D eigenvalue weighted by Gasteiger charge is -2.12. The van der Waals surface area contributed by atoms with E-state index >= 15 is 0 Å². The Morgan fingerprint density at radius 2 is 1.31 bits per heavy atom. The first-order valence-electron chi connectivity index (χ1n) is 9.86. The fraction of sp³-hybridized carbons (Fsp3) is 0.154. The molecule has 32 heavy (non-hydrogen) atoms. The molecule has 0 saturated carbocycles. The second kappa shape index (κ2) is 10.3. The minimum atomic E-state index is -0.452. The maximum atomic E-state index is 12.6. The van der Waals surface area contributed by atoms with Gasteiger partial charge in [-0.3, -0.25) is 4.79 Å². The lowest BCUT2D eigenvalue weighted by molar-refractivity contribution is 0.0734. The minimum Gasteiger partial charge on any atom is -0.493 e. The number of carbonyl (C=O) groups is 2. The van der Waals surface area contributed by atoms with Crippen molar-refractivity contribution in [3.05, 3.63) is 89.0 Å². The Kier molecular flexibility index (Phi) is 7.29. The summed E-state index contributed by atoms with van der Waals surface area (Å²) < 4.78 is 21.3. The van der Waals surface area contributed by atoms with Crippen LogP contribution in [0.25, 0.3) is 6.08 Å². The van der Waals surface area contributed by atoms with Crippen LogP contribution in [-0.4, -0.2) is 33.1 Å². The van der Waals surface area contributed by atoms with Crippen molar-refractivity contribution in [3.63, 3.8) is 0 Å². The van der Waals surface area contributed by atoms with E-state index in [2.05, 4.69) is 0 Å². The molecule has 0 unspecified atom stereocenters. The van der Waals surface area contributed by atoms with Gasteiger partial charge in [0.05, 0.1) is 26.9 Å². The molecule has 6 heteroatoms. The van der Waals surface area contributed by atoms with Gasteiger partial charge in [0.1, 0.15) is 5.75 Å². The summed E-state index contributed by atoms with van der Waals surface area (Å²) in [6, 6.07) is 17.0. The molecule has 0 radical (unpaired) electrons. The van der Waals surface area contributed by atoms with Gasteiger partial charge in [-0.1, -0.05) is 23.8 Å². The number of benzene rings is 3. The highest BCUT2D eigenvalue weighted by Gasteiger charge is 2.13. The highest BCUT2D eigenvalue weighted by Crippen LogP contribution is 2.38. The van der Waals surface area contributed by atoms with Crippen LogP contribution >= 0.6 is 0 Å². The van der Waals surface area contributed by atoms with Crippen LogP contribution in [-0.2, 0) is 0 Å². The van der Waals surface area contributed by atoms with E-state index in [1.54, 1.807) is 54.6 Å². The first-order chi connectivity index (χ1) is 15.4. The maximum absolute atomic E-state index is 12.6. The molecular weight excluding hydrogens is 408 g/mol. The third kappa shape index (κ3) is 5.35. The average molecular weight is 432 g/mol. The molecule has 0 aliphatic heterocycles. The first kappa shape index (κ1) is 22.6. The van der Waals surface area contributed by atoms with E-state index in [0.717, 1.165) is 11.1 Å². The number of ketones is 1. The Labute approximate surface area is 187 Å². The van der Waals surface area contributed by atoms with Gasteiger partial charge >= 0.3 is 5.97 Å². The predicted molar refractivity (Wildman–Crippen MR) is 122 cm³/mol. The Bertz CT molecular complexity index is 1100. The average Bonchev–Trinajstić information content (AvgIpc) is 2.82. The van der Waals surface area contributed by atoms with Gasteiger partial charge in [-0.05, 0) is 67.1 Å². The van der Waals surface area contributed by atoms with Crippen LogP contribution in [0.1, 0.15) is 31.8 Å².